The van der Waals surface area contributed by atoms with Gasteiger partial charge in [-0.3, -0.25) is 18.6 Å². The zero-order valence-corrected chi connectivity index (χ0v) is 13.4. The molecule has 0 spiro atoms. The third-order valence-corrected chi connectivity index (χ3v) is 4.43. The van der Waals surface area contributed by atoms with Gasteiger partial charge >= 0.3 is 0 Å². The van der Waals surface area contributed by atoms with Gasteiger partial charge in [-0.2, -0.15) is 0 Å². The highest BCUT2D eigenvalue weighted by atomic mass is 32.1. The number of nitrogens with zero attached hydrogens (tertiary/aromatic N) is 4. The number of fused-ring (bicyclic) bond motifs is 2. The van der Waals surface area contributed by atoms with Crippen LogP contribution in [0.3, 0.4) is 0 Å². The molecule has 1 aromatic carbocycles. The zero-order valence-electron chi connectivity index (χ0n) is 12.5. The fourth-order valence-electron chi connectivity index (χ4n) is 2.53. The molecule has 0 aliphatic heterocycles. The predicted octanol–water partition coefficient (Wildman–Crippen LogP) is 1.42. The van der Waals surface area contributed by atoms with E-state index in [9.17, 15) is 9.59 Å². The molecule has 4 aromatic rings. The number of amides is 1. The van der Waals surface area contributed by atoms with Crippen molar-refractivity contribution in [3.63, 3.8) is 0 Å². The van der Waals surface area contributed by atoms with Crippen LogP contribution < -0.4 is 10.9 Å². The molecule has 0 saturated carbocycles. The summed E-state index contributed by atoms with van der Waals surface area (Å²) in [4.78, 5) is 33.6. The summed E-state index contributed by atoms with van der Waals surface area (Å²) in [5, 5.41) is 4.75. The van der Waals surface area contributed by atoms with Gasteiger partial charge in [0.15, 0.2) is 4.96 Å². The molecule has 0 aliphatic rings. The van der Waals surface area contributed by atoms with Gasteiger partial charge in [0, 0.05) is 17.8 Å². The minimum absolute atomic E-state index is 0.0515. The molecule has 1 amide bonds. The summed E-state index contributed by atoms with van der Waals surface area (Å²) in [7, 11) is 0. The maximum atomic E-state index is 12.2. The second-order valence-electron chi connectivity index (χ2n) is 5.27. The van der Waals surface area contributed by atoms with Crippen molar-refractivity contribution in [2.45, 2.75) is 13.1 Å². The van der Waals surface area contributed by atoms with Crippen LogP contribution in [0.25, 0.3) is 16.0 Å². The molecule has 8 heteroatoms. The van der Waals surface area contributed by atoms with Crippen LogP contribution in [0, 0.1) is 0 Å². The van der Waals surface area contributed by atoms with Crippen molar-refractivity contribution in [3.8, 4) is 0 Å². The molecule has 0 radical (unpaired) electrons. The molecule has 0 unspecified atom stereocenters. The Morgan fingerprint density at radius 2 is 2.17 bits per heavy atom. The van der Waals surface area contributed by atoms with Gasteiger partial charge < -0.3 is 5.32 Å². The lowest BCUT2D eigenvalue weighted by molar-refractivity contribution is -0.121. The molecule has 24 heavy (non-hydrogen) atoms. The molecule has 3 heterocycles. The van der Waals surface area contributed by atoms with Crippen molar-refractivity contribution in [1.82, 2.24) is 24.3 Å². The van der Waals surface area contributed by atoms with E-state index in [0.717, 1.165) is 10.7 Å². The Morgan fingerprint density at radius 1 is 1.29 bits per heavy atom. The second-order valence-corrected chi connectivity index (χ2v) is 6.15. The van der Waals surface area contributed by atoms with E-state index in [1.54, 1.807) is 12.1 Å². The fourth-order valence-corrected chi connectivity index (χ4v) is 3.25. The summed E-state index contributed by atoms with van der Waals surface area (Å²) in [5.74, 6) is -0.246. The average Bonchev–Trinajstić information content (AvgIpc) is 3.17. The Balaban J connectivity index is 1.51. The third-order valence-electron chi connectivity index (χ3n) is 3.66. The summed E-state index contributed by atoms with van der Waals surface area (Å²) in [5.41, 5.74) is 1.80. The van der Waals surface area contributed by atoms with E-state index in [2.05, 4.69) is 15.3 Å². The van der Waals surface area contributed by atoms with Gasteiger partial charge in [-0.25, -0.2) is 9.97 Å². The SMILES string of the molecule is O=C(Cn1c(=O)cnc2ccccc21)NCc1cn2ccsc2n1. The van der Waals surface area contributed by atoms with Gasteiger partial charge in [0.1, 0.15) is 6.54 Å². The highest BCUT2D eigenvalue weighted by Gasteiger charge is 2.10. The molecular formula is C16H13N5O2S. The molecule has 120 valence electrons. The van der Waals surface area contributed by atoms with E-state index in [0.29, 0.717) is 17.6 Å². The lowest BCUT2D eigenvalue weighted by Gasteiger charge is -2.09. The van der Waals surface area contributed by atoms with Crippen LogP contribution in [0.2, 0.25) is 0 Å². The molecular weight excluding hydrogens is 326 g/mol. The third kappa shape index (κ3) is 2.67. The van der Waals surface area contributed by atoms with Gasteiger partial charge in [-0.05, 0) is 12.1 Å². The van der Waals surface area contributed by atoms with Crippen LogP contribution in [0.15, 0.2) is 53.0 Å². The molecule has 0 bridgehead atoms. The van der Waals surface area contributed by atoms with Crippen LogP contribution in [0.1, 0.15) is 5.69 Å². The van der Waals surface area contributed by atoms with Gasteiger partial charge in [-0.15, -0.1) is 11.3 Å². The summed E-state index contributed by atoms with van der Waals surface area (Å²) in [6, 6.07) is 7.24. The number of benzene rings is 1. The molecule has 1 N–H and O–H groups in total. The largest absolute Gasteiger partial charge is 0.349 e. The van der Waals surface area contributed by atoms with Gasteiger partial charge in [0.2, 0.25) is 5.91 Å². The summed E-state index contributed by atoms with van der Waals surface area (Å²) >= 11 is 1.54. The first-order chi connectivity index (χ1) is 11.7. The Labute approximate surface area is 140 Å². The normalized spacial score (nSPS) is 11.2. The van der Waals surface area contributed by atoms with E-state index in [4.69, 9.17) is 0 Å². The minimum Gasteiger partial charge on any atom is -0.349 e. The fraction of sp³-hybridized carbons (Fsp3) is 0.125. The number of aromatic nitrogens is 4. The van der Waals surface area contributed by atoms with Crippen molar-refractivity contribution in [3.05, 3.63) is 64.3 Å². The predicted molar refractivity (Wildman–Crippen MR) is 90.9 cm³/mol. The van der Waals surface area contributed by atoms with E-state index in [1.807, 2.05) is 34.3 Å². The number of thiazole rings is 1. The quantitative estimate of drug-likeness (QED) is 0.610. The van der Waals surface area contributed by atoms with Crippen molar-refractivity contribution in [2.75, 3.05) is 0 Å². The minimum atomic E-state index is -0.300. The van der Waals surface area contributed by atoms with Crippen LogP contribution >= 0.6 is 11.3 Å². The first kappa shape index (κ1) is 14.6. The number of imidazole rings is 1. The highest BCUT2D eigenvalue weighted by molar-refractivity contribution is 7.15. The number of rotatable bonds is 4. The number of carbonyl (C=O) groups is 1. The van der Waals surface area contributed by atoms with E-state index in [-0.39, 0.29) is 18.0 Å². The van der Waals surface area contributed by atoms with Crippen molar-refractivity contribution >= 4 is 33.2 Å². The molecule has 4 rings (SSSR count). The van der Waals surface area contributed by atoms with Gasteiger partial charge in [0.05, 0.1) is 29.5 Å². The highest BCUT2D eigenvalue weighted by Crippen LogP contribution is 2.11. The van der Waals surface area contributed by atoms with Crippen molar-refractivity contribution < 1.29 is 4.79 Å². The Hall–Kier alpha value is -3.00. The summed E-state index contributed by atoms with van der Waals surface area (Å²) in [6.07, 6.45) is 5.03. The Kier molecular flexibility index (Phi) is 3.58. The smallest absolute Gasteiger partial charge is 0.269 e. The molecule has 0 atom stereocenters. The number of hydrogen-bond acceptors (Lipinski definition) is 5. The van der Waals surface area contributed by atoms with Crippen LogP contribution in [-0.4, -0.2) is 24.8 Å². The summed E-state index contributed by atoms with van der Waals surface area (Å²) in [6.45, 7) is 0.273. The standard InChI is InChI=1S/C16H13N5O2S/c22-14(18-7-11-9-20-5-6-24-16(20)19-11)10-21-13-4-2-1-3-12(13)17-8-15(21)23/h1-6,8-9H,7,10H2,(H,18,22). The zero-order chi connectivity index (χ0) is 16.5. The summed E-state index contributed by atoms with van der Waals surface area (Å²) < 4.78 is 3.33. The number of nitrogens with one attached hydrogen (secondary N) is 1. The molecule has 7 nitrogen and oxygen atoms in total. The van der Waals surface area contributed by atoms with Gasteiger partial charge in [0.25, 0.3) is 5.56 Å². The monoisotopic (exact) mass is 339 g/mol. The first-order valence-corrected chi connectivity index (χ1v) is 8.21. The van der Waals surface area contributed by atoms with Crippen molar-refractivity contribution in [2.24, 2.45) is 0 Å². The molecule has 0 aliphatic carbocycles. The van der Waals surface area contributed by atoms with E-state index < -0.39 is 0 Å². The topological polar surface area (TPSA) is 81.3 Å². The number of para-hydroxylation sites is 2. The van der Waals surface area contributed by atoms with Crippen LogP contribution in [0.4, 0.5) is 0 Å². The Morgan fingerprint density at radius 3 is 3.04 bits per heavy atom. The number of carbonyl (C=O) groups excluding carboxylic acids is 1. The molecule has 3 aromatic heterocycles. The van der Waals surface area contributed by atoms with Gasteiger partial charge in [-0.1, -0.05) is 12.1 Å². The van der Waals surface area contributed by atoms with Crippen LogP contribution in [-0.2, 0) is 17.9 Å². The first-order valence-electron chi connectivity index (χ1n) is 7.33. The van der Waals surface area contributed by atoms with E-state index >= 15 is 0 Å². The maximum Gasteiger partial charge on any atom is 0.269 e. The average molecular weight is 339 g/mol. The lowest BCUT2D eigenvalue weighted by Crippen LogP contribution is -2.32. The Bertz CT molecular complexity index is 1070. The van der Waals surface area contributed by atoms with Crippen LogP contribution in [0.5, 0.6) is 0 Å². The number of hydrogen-bond donors (Lipinski definition) is 1. The molecule has 0 fully saturated rings. The lowest BCUT2D eigenvalue weighted by atomic mass is 10.3. The van der Waals surface area contributed by atoms with Crippen molar-refractivity contribution in [1.29, 1.82) is 0 Å². The van der Waals surface area contributed by atoms with E-state index in [1.165, 1.54) is 22.1 Å². The maximum absolute atomic E-state index is 12.2. The molecule has 0 saturated heterocycles. The second kappa shape index (κ2) is 5.89.